The zero-order valence-electron chi connectivity index (χ0n) is 11.7. The number of methoxy groups -OCH3 is 1. The van der Waals surface area contributed by atoms with Crippen LogP contribution in [0.25, 0.3) is 0 Å². The molecule has 0 spiro atoms. The van der Waals surface area contributed by atoms with Crippen molar-refractivity contribution < 1.29 is 24.2 Å². The second-order valence-corrected chi connectivity index (χ2v) is 4.99. The van der Waals surface area contributed by atoms with Gasteiger partial charge in [-0.1, -0.05) is 12.8 Å². The van der Waals surface area contributed by atoms with Crippen molar-refractivity contribution in [3.8, 4) is 0 Å². The van der Waals surface area contributed by atoms with Gasteiger partial charge in [0.1, 0.15) is 6.04 Å². The first-order valence-electron chi connectivity index (χ1n) is 6.87. The summed E-state index contributed by atoms with van der Waals surface area (Å²) in [6.45, 7) is 0.533. The topological polar surface area (TPSA) is 105 Å². The number of rotatable bonds is 9. The quantitative estimate of drug-likeness (QED) is 0.431. The zero-order chi connectivity index (χ0) is 15.0. The van der Waals surface area contributed by atoms with E-state index in [-0.39, 0.29) is 12.8 Å². The average Bonchev–Trinajstić information content (AvgIpc) is 3.22. The van der Waals surface area contributed by atoms with Gasteiger partial charge in [-0.2, -0.15) is 0 Å². The molecule has 0 bridgehead atoms. The number of hydrogen-bond donors (Lipinski definition) is 3. The highest BCUT2D eigenvalue weighted by atomic mass is 16.5. The zero-order valence-corrected chi connectivity index (χ0v) is 11.7. The summed E-state index contributed by atoms with van der Waals surface area (Å²) >= 11 is 0. The van der Waals surface area contributed by atoms with Gasteiger partial charge in [0, 0.05) is 13.0 Å². The van der Waals surface area contributed by atoms with Crippen molar-refractivity contribution in [1.29, 1.82) is 0 Å². The Kier molecular flexibility index (Phi) is 6.83. The van der Waals surface area contributed by atoms with Crippen molar-refractivity contribution in [3.05, 3.63) is 0 Å². The van der Waals surface area contributed by atoms with Crippen LogP contribution in [-0.4, -0.2) is 42.8 Å². The normalized spacial score (nSPS) is 15.2. The number of amides is 2. The van der Waals surface area contributed by atoms with Gasteiger partial charge in [-0.05, 0) is 25.2 Å². The maximum Gasteiger partial charge on any atom is 0.326 e. The molecule has 114 valence electrons. The summed E-state index contributed by atoms with van der Waals surface area (Å²) in [4.78, 5) is 33.5. The van der Waals surface area contributed by atoms with Crippen LogP contribution in [0.15, 0.2) is 0 Å². The Morgan fingerprint density at radius 3 is 2.60 bits per heavy atom. The molecule has 7 nitrogen and oxygen atoms in total. The second kappa shape index (κ2) is 8.39. The van der Waals surface area contributed by atoms with Crippen LogP contribution in [0.4, 0.5) is 4.79 Å². The number of urea groups is 1. The maximum absolute atomic E-state index is 11.5. The molecule has 7 heteroatoms. The smallest absolute Gasteiger partial charge is 0.326 e. The third kappa shape index (κ3) is 6.96. The van der Waals surface area contributed by atoms with E-state index in [2.05, 4.69) is 15.4 Å². The van der Waals surface area contributed by atoms with Crippen molar-refractivity contribution in [1.82, 2.24) is 10.6 Å². The summed E-state index contributed by atoms with van der Waals surface area (Å²) in [6.07, 6.45) is 4.53. The SMILES string of the molecule is COC(=O)CC[C@H](NC(=O)NCCCC1CC1)C(=O)O. The molecule has 2 amide bonds. The monoisotopic (exact) mass is 286 g/mol. The van der Waals surface area contributed by atoms with Gasteiger partial charge in [-0.3, -0.25) is 4.79 Å². The number of carbonyl (C=O) groups is 3. The molecular weight excluding hydrogens is 264 g/mol. The van der Waals surface area contributed by atoms with Gasteiger partial charge in [-0.25, -0.2) is 9.59 Å². The second-order valence-electron chi connectivity index (χ2n) is 4.99. The summed E-state index contributed by atoms with van der Waals surface area (Å²) in [7, 11) is 1.23. The number of hydrogen-bond acceptors (Lipinski definition) is 4. The number of esters is 1. The lowest BCUT2D eigenvalue weighted by molar-refractivity contribution is -0.142. The first-order valence-corrected chi connectivity index (χ1v) is 6.87. The van der Waals surface area contributed by atoms with Crippen LogP contribution in [0.5, 0.6) is 0 Å². The molecule has 0 aromatic carbocycles. The third-order valence-electron chi connectivity index (χ3n) is 3.24. The predicted octanol–water partition coefficient (Wildman–Crippen LogP) is 0.882. The Morgan fingerprint density at radius 1 is 1.35 bits per heavy atom. The van der Waals surface area contributed by atoms with Gasteiger partial charge < -0.3 is 20.5 Å². The Hall–Kier alpha value is -1.79. The predicted molar refractivity (Wildman–Crippen MR) is 71.2 cm³/mol. The van der Waals surface area contributed by atoms with Gasteiger partial charge in [-0.15, -0.1) is 0 Å². The van der Waals surface area contributed by atoms with E-state index in [0.29, 0.717) is 6.54 Å². The van der Waals surface area contributed by atoms with Crippen molar-refractivity contribution in [2.75, 3.05) is 13.7 Å². The number of ether oxygens (including phenoxy) is 1. The van der Waals surface area contributed by atoms with Gasteiger partial charge in [0.15, 0.2) is 0 Å². The van der Waals surface area contributed by atoms with Crippen molar-refractivity contribution in [2.45, 2.75) is 44.6 Å². The van der Waals surface area contributed by atoms with Gasteiger partial charge in [0.25, 0.3) is 0 Å². The minimum Gasteiger partial charge on any atom is -0.480 e. The molecule has 3 N–H and O–H groups in total. The van der Waals surface area contributed by atoms with E-state index in [1.807, 2.05) is 0 Å². The lowest BCUT2D eigenvalue weighted by atomic mass is 10.1. The van der Waals surface area contributed by atoms with E-state index in [0.717, 1.165) is 18.8 Å². The molecule has 0 aromatic rings. The molecule has 1 fully saturated rings. The first-order chi connectivity index (χ1) is 9.52. The average molecular weight is 286 g/mol. The Balaban J connectivity index is 2.19. The van der Waals surface area contributed by atoms with E-state index < -0.39 is 24.0 Å². The molecule has 0 heterocycles. The van der Waals surface area contributed by atoms with Crippen LogP contribution in [0.2, 0.25) is 0 Å². The lowest BCUT2D eigenvalue weighted by Crippen LogP contribution is -2.46. The van der Waals surface area contributed by atoms with Gasteiger partial charge >= 0.3 is 18.0 Å². The van der Waals surface area contributed by atoms with Crippen LogP contribution in [-0.2, 0) is 14.3 Å². The Bertz CT molecular complexity index is 355. The van der Waals surface area contributed by atoms with E-state index >= 15 is 0 Å². The Labute approximate surface area is 118 Å². The molecule has 0 saturated heterocycles. The van der Waals surface area contributed by atoms with Crippen LogP contribution in [0, 0.1) is 5.92 Å². The van der Waals surface area contributed by atoms with Crippen molar-refractivity contribution >= 4 is 18.0 Å². The summed E-state index contributed by atoms with van der Waals surface area (Å²) in [5.41, 5.74) is 0. The maximum atomic E-state index is 11.5. The van der Waals surface area contributed by atoms with Crippen LogP contribution < -0.4 is 10.6 Å². The number of aliphatic carboxylic acids is 1. The molecule has 1 aliphatic carbocycles. The molecule has 1 atom stereocenters. The number of carbonyl (C=O) groups excluding carboxylic acids is 2. The summed E-state index contributed by atoms with van der Waals surface area (Å²) < 4.78 is 4.43. The highest BCUT2D eigenvalue weighted by molar-refractivity contribution is 5.83. The van der Waals surface area contributed by atoms with E-state index in [1.54, 1.807) is 0 Å². The highest BCUT2D eigenvalue weighted by Gasteiger charge is 2.22. The van der Waals surface area contributed by atoms with E-state index in [9.17, 15) is 14.4 Å². The largest absolute Gasteiger partial charge is 0.480 e. The Morgan fingerprint density at radius 2 is 2.05 bits per heavy atom. The van der Waals surface area contributed by atoms with E-state index in [4.69, 9.17) is 5.11 Å². The lowest BCUT2D eigenvalue weighted by Gasteiger charge is -2.14. The fourth-order valence-corrected chi connectivity index (χ4v) is 1.83. The molecule has 1 aliphatic rings. The standard InChI is InChI=1S/C13H22N2O5/c1-20-11(16)7-6-10(12(17)18)15-13(19)14-8-2-3-9-4-5-9/h9-10H,2-8H2,1H3,(H,17,18)(H2,14,15,19)/t10-/m0/s1. The summed E-state index contributed by atoms with van der Waals surface area (Å²) in [5, 5.41) is 13.9. The summed E-state index contributed by atoms with van der Waals surface area (Å²) in [6, 6.07) is -1.60. The molecule has 20 heavy (non-hydrogen) atoms. The van der Waals surface area contributed by atoms with Gasteiger partial charge in [0.05, 0.1) is 7.11 Å². The van der Waals surface area contributed by atoms with Crippen molar-refractivity contribution in [3.63, 3.8) is 0 Å². The third-order valence-corrected chi connectivity index (χ3v) is 3.24. The number of carboxylic acid groups (broad SMARTS) is 1. The minimum absolute atomic E-state index is 0.0114. The van der Waals surface area contributed by atoms with Crippen LogP contribution in [0.1, 0.15) is 38.5 Å². The molecule has 1 saturated carbocycles. The molecule has 0 aliphatic heterocycles. The van der Waals surface area contributed by atoms with Gasteiger partial charge in [0.2, 0.25) is 0 Å². The first kappa shape index (κ1) is 16.3. The molecule has 1 rings (SSSR count). The molecule has 0 unspecified atom stereocenters. The summed E-state index contributed by atoms with van der Waals surface area (Å²) in [5.74, 6) is -0.850. The van der Waals surface area contributed by atoms with Crippen molar-refractivity contribution in [2.24, 2.45) is 5.92 Å². The molecule has 0 radical (unpaired) electrons. The van der Waals surface area contributed by atoms with Crippen LogP contribution >= 0.6 is 0 Å². The minimum atomic E-state index is -1.16. The molecule has 0 aromatic heterocycles. The van der Waals surface area contributed by atoms with E-state index in [1.165, 1.54) is 20.0 Å². The fraction of sp³-hybridized carbons (Fsp3) is 0.769. The molecular formula is C13H22N2O5. The fourth-order valence-electron chi connectivity index (χ4n) is 1.83. The number of carboxylic acids is 1. The van der Waals surface area contributed by atoms with Crippen LogP contribution in [0.3, 0.4) is 0 Å². The highest BCUT2D eigenvalue weighted by Crippen LogP contribution is 2.33. The number of nitrogens with one attached hydrogen (secondary N) is 2.